The maximum Gasteiger partial charge on any atom is 0.336 e. The van der Waals surface area contributed by atoms with Crippen molar-refractivity contribution >= 4 is 23.3 Å². The van der Waals surface area contributed by atoms with Crippen LogP contribution in [-0.4, -0.2) is 37.1 Å². The van der Waals surface area contributed by atoms with Crippen molar-refractivity contribution in [2.45, 2.75) is 37.6 Å². The summed E-state index contributed by atoms with van der Waals surface area (Å²) in [6.45, 7) is 0. The van der Waals surface area contributed by atoms with Gasteiger partial charge in [0.25, 0.3) is 0 Å². The van der Waals surface area contributed by atoms with E-state index in [0.717, 1.165) is 30.6 Å². The average molecular weight is 347 g/mol. The number of ether oxygens (including phenoxy) is 2. The van der Waals surface area contributed by atoms with E-state index in [1.165, 1.54) is 25.6 Å². The van der Waals surface area contributed by atoms with Crippen LogP contribution in [0.2, 0.25) is 0 Å². The molecule has 6 heteroatoms. The molecule has 0 N–H and O–H groups in total. The number of hydrogen-bond donors (Lipinski definition) is 0. The molecule has 128 valence electrons. The fourth-order valence-electron chi connectivity index (χ4n) is 3.43. The number of hydrogen-bond acceptors (Lipinski definition) is 6. The molecule has 1 aliphatic heterocycles. The predicted molar refractivity (Wildman–Crippen MR) is 91.4 cm³/mol. The zero-order chi connectivity index (χ0) is 17.1. The van der Waals surface area contributed by atoms with Crippen LogP contribution >= 0.6 is 11.3 Å². The Kier molecular flexibility index (Phi) is 5.04. The standard InChI is InChI=1S/C18H21NO4S/c1-22-17(20)13-10-19(12-6-3-4-7-12)11-14(18(21)23-2)16(13)15-8-5-9-24-15/h5,8-12,16H,3-4,6-7H2,1-2H3. The number of carbonyl (C=O) groups excluding carboxylic acids is 2. The Morgan fingerprint density at radius 3 is 2.12 bits per heavy atom. The van der Waals surface area contributed by atoms with Crippen molar-refractivity contribution in [3.8, 4) is 0 Å². The van der Waals surface area contributed by atoms with Gasteiger partial charge in [-0.2, -0.15) is 0 Å². The summed E-state index contributed by atoms with van der Waals surface area (Å²) < 4.78 is 9.96. The Labute approximate surface area is 145 Å². The summed E-state index contributed by atoms with van der Waals surface area (Å²) in [5.74, 6) is -1.26. The van der Waals surface area contributed by atoms with Crippen LogP contribution in [0, 0.1) is 0 Å². The van der Waals surface area contributed by atoms with Crippen LogP contribution in [0.15, 0.2) is 41.1 Å². The third-order valence-electron chi connectivity index (χ3n) is 4.61. The highest BCUT2D eigenvalue weighted by Gasteiger charge is 2.37. The summed E-state index contributed by atoms with van der Waals surface area (Å²) in [7, 11) is 2.73. The van der Waals surface area contributed by atoms with Crippen molar-refractivity contribution in [2.75, 3.05) is 14.2 Å². The van der Waals surface area contributed by atoms with Gasteiger partial charge in [-0.3, -0.25) is 0 Å². The lowest BCUT2D eigenvalue weighted by Gasteiger charge is -2.32. The first-order valence-corrected chi connectivity index (χ1v) is 8.94. The van der Waals surface area contributed by atoms with Gasteiger partial charge < -0.3 is 14.4 Å². The van der Waals surface area contributed by atoms with E-state index >= 15 is 0 Å². The molecule has 0 amide bonds. The second-order valence-electron chi connectivity index (χ2n) is 5.99. The first-order valence-electron chi connectivity index (χ1n) is 8.06. The fourth-order valence-corrected chi connectivity index (χ4v) is 4.29. The molecule has 1 fully saturated rings. The monoisotopic (exact) mass is 347 g/mol. The molecule has 0 unspecified atom stereocenters. The molecule has 1 aromatic heterocycles. The number of methoxy groups -OCH3 is 2. The lowest BCUT2D eigenvalue weighted by atomic mass is 9.87. The van der Waals surface area contributed by atoms with Gasteiger partial charge in [-0.1, -0.05) is 18.9 Å². The molecule has 0 spiro atoms. The van der Waals surface area contributed by atoms with Crippen molar-refractivity contribution in [1.29, 1.82) is 0 Å². The van der Waals surface area contributed by atoms with E-state index in [4.69, 9.17) is 9.47 Å². The minimum absolute atomic E-state index is 0.314. The number of rotatable bonds is 4. The Hall–Kier alpha value is -2.08. The molecule has 24 heavy (non-hydrogen) atoms. The van der Waals surface area contributed by atoms with E-state index in [1.54, 1.807) is 0 Å². The molecule has 0 saturated heterocycles. The summed E-state index contributed by atoms with van der Waals surface area (Å²) in [4.78, 5) is 27.7. The summed E-state index contributed by atoms with van der Waals surface area (Å²) in [6.07, 6.45) is 8.13. The van der Waals surface area contributed by atoms with E-state index < -0.39 is 17.9 Å². The third-order valence-corrected chi connectivity index (χ3v) is 5.55. The Bertz CT molecular complexity index is 637. The van der Waals surface area contributed by atoms with Crippen LogP contribution in [0.5, 0.6) is 0 Å². The molecule has 1 aliphatic carbocycles. The first-order chi connectivity index (χ1) is 11.7. The van der Waals surface area contributed by atoms with Gasteiger partial charge in [0.15, 0.2) is 0 Å². The predicted octanol–water partition coefficient (Wildman–Crippen LogP) is 3.20. The van der Waals surface area contributed by atoms with Gasteiger partial charge >= 0.3 is 11.9 Å². The van der Waals surface area contributed by atoms with Crippen LogP contribution in [-0.2, 0) is 19.1 Å². The van der Waals surface area contributed by atoms with Gasteiger partial charge in [0.1, 0.15) is 0 Å². The first kappa shape index (κ1) is 16.8. The molecular weight excluding hydrogens is 326 g/mol. The van der Waals surface area contributed by atoms with Gasteiger partial charge in [0, 0.05) is 23.3 Å². The molecule has 1 aromatic rings. The molecule has 2 heterocycles. The van der Waals surface area contributed by atoms with Crippen molar-refractivity contribution in [3.05, 3.63) is 45.9 Å². The molecular formula is C18H21NO4S. The smallest absolute Gasteiger partial charge is 0.336 e. The van der Waals surface area contributed by atoms with Gasteiger partial charge in [0.2, 0.25) is 0 Å². The van der Waals surface area contributed by atoms with Gasteiger partial charge in [-0.05, 0) is 24.3 Å². The van der Waals surface area contributed by atoms with Crippen LogP contribution in [0.3, 0.4) is 0 Å². The molecule has 0 radical (unpaired) electrons. The van der Waals surface area contributed by atoms with Gasteiger partial charge in [-0.25, -0.2) is 9.59 Å². The molecule has 0 aromatic carbocycles. The number of carbonyl (C=O) groups is 2. The molecule has 1 saturated carbocycles. The summed E-state index contributed by atoms with van der Waals surface area (Å²) in [6, 6.07) is 4.15. The lowest BCUT2D eigenvalue weighted by Crippen LogP contribution is -2.32. The number of nitrogens with zero attached hydrogens (tertiary/aromatic N) is 1. The second-order valence-corrected chi connectivity index (χ2v) is 6.97. The molecule has 3 rings (SSSR count). The average Bonchev–Trinajstić information content (AvgIpc) is 3.32. The number of thiophene rings is 1. The maximum atomic E-state index is 12.4. The topological polar surface area (TPSA) is 55.8 Å². The van der Waals surface area contributed by atoms with Crippen molar-refractivity contribution < 1.29 is 19.1 Å². The van der Waals surface area contributed by atoms with Crippen LogP contribution in [0.1, 0.15) is 36.5 Å². The summed E-state index contributed by atoms with van der Waals surface area (Å²) in [5, 5.41) is 1.93. The molecule has 0 bridgehead atoms. The van der Waals surface area contributed by atoms with Crippen LogP contribution in [0.25, 0.3) is 0 Å². The highest BCUT2D eigenvalue weighted by atomic mass is 32.1. The Balaban J connectivity index is 2.06. The normalized spacial score (nSPS) is 19.0. The Morgan fingerprint density at radius 1 is 1.08 bits per heavy atom. The second kappa shape index (κ2) is 7.21. The summed E-state index contributed by atoms with van der Waals surface area (Å²) in [5.41, 5.74) is 0.963. The van der Waals surface area contributed by atoms with E-state index in [1.807, 2.05) is 34.8 Å². The zero-order valence-electron chi connectivity index (χ0n) is 13.9. The van der Waals surface area contributed by atoms with Crippen LogP contribution < -0.4 is 0 Å². The minimum Gasteiger partial charge on any atom is -0.466 e. The fraction of sp³-hybridized carbons (Fsp3) is 0.444. The largest absolute Gasteiger partial charge is 0.466 e. The number of esters is 2. The van der Waals surface area contributed by atoms with Crippen molar-refractivity contribution in [2.24, 2.45) is 0 Å². The molecule has 0 atom stereocenters. The van der Waals surface area contributed by atoms with Crippen LogP contribution in [0.4, 0.5) is 0 Å². The van der Waals surface area contributed by atoms with Crippen molar-refractivity contribution in [3.63, 3.8) is 0 Å². The SMILES string of the molecule is COC(=O)C1=CN(C2CCCC2)C=C(C(=O)OC)C1c1cccs1. The van der Waals surface area contributed by atoms with Crippen molar-refractivity contribution in [1.82, 2.24) is 4.90 Å². The molecule has 5 nitrogen and oxygen atoms in total. The Morgan fingerprint density at radius 2 is 1.67 bits per heavy atom. The van der Waals surface area contributed by atoms with Gasteiger partial charge in [-0.15, -0.1) is 11.3 Å². The van der Waals surface area contributed by atoms with E-state index in [-0.39, 0.29) is 0 Å². The van der Waals surface area contributed by atoms with E-state index in [9.17, 15) is 9.59 Å². The third kappa shape index (κ3) is 3.11. The summed E-state index contributed by atoms with van der Waals surface area (Å²) >= 11 is 1.51. The molecule has 2 aliphatic rings. The quantitative estimate of drug-likeness (QED) is 0.783. The van der Waals surface area contributed by atoms with Gasteiger partial charge in [0.05, 0.1) is 31.3 Å². The highest BCUT2D eigenvalue weighted by molar-refractivity contribution is 7.10. The highest BCUT2D eigenvalue weighted by Crippen LogP contribution is 2.40. The van der Waals surface area contributed by atoms with E-state index in [0.29, 0.717) is 17.2 Å². The zero-order valence-corrected chi connectivity index (χ0v) is 14.7. The maximum absolute atomic E-state index is 12.4. The lowest BCUT2D eigenvalue weighted by molar-refractivity contribution is -0.137. The van der Waals surface area contributed by atoms with E-state index in [2.05, 4.69) is 0 Å². The minimum atomic E-state index is -0.442.